The average Bonchev–Trinajstić information content (AvgIpc) is 2.79. The summed E-state index contributed by atoms with van der Waals surface area (Å²) in [6.45, 7) is 4.77. The molecule has 1 aromatic heterocycles. The first-order valence-corrected chi connectivity index (χ1v) is 6.01. The van der Waals surface area contributed by atoms with E-state index in [2.05, 4.69) is 4.98 Å². The van der Waals surface area contributed by atoms with Gasteiger partial charge in [0.1, 0.15) is 5.82 Å². The number of aromatic nitrogens is 2. The third-order valence-corrected chi connectivity index (χ3v) is 3.06. The van der Waals surface area contributed by atoms with Crippen LogP contribution in [-0.2, 0) is 13.0 Å². The van der Waals surface area contributed by atoms with E-state index in [0.717, 1.165) is 17.9 Å². The Morgan fingerprint density at radius 1 is 1.44 bits per heavy atom. The Hall–Kier alpha value is -2.10. The minimum atomic E-state index is 0.0441. The van der Waals surface area contributed by atoms with E-state index in [1.807, 2.05) is 36.7 Å². The zero-order valence-corrected chi connectivity index (χ0v) is 10.7. The summed E-state index contributed by atoms with van der Waals surface area (Å²) in [7, 11) is 0. The van der Waals surface area contributed by atoms with Gasteiger partial charge in [-0.1, -0.05) is 12.1 Å². The summed E-state index contributed by atoms with van der Waals surface area (Å²) >= 11 is 0. The number of hydrogen-bond donors (Lipinski definition) is 1. The molecule has 2 rings (SSSR count). The van der Waals surface area contributed by atoms with Gasteiger partial charge < -0.3 is 10.3 Å². The van der Waals surface area contributed by atoms with E-state index < -0.39 is 0 Å². The Labute approximate surface area is 106 Å². The number of ketones is 1. The molecule has 0 aliphatic rings. The van der Waals surface area contributed by atoms with E-state index in [4.69, 9.17) is 5.73 Å². The molecule has 2 N–H and O–H groups in total. The number of anilines is 1. The van der Waals surface area contributed by atoms with Gasteiger partial charge in [-0.15, -0.1) is 0 Å². The number of benzene rings is 1. The molecule has 1 aromatic carbocycles. The number of hydrogen-bond acceptors (Lipinski definition) is 3. The van der Waals surface area contributed by atoms with E-state index in [1.165, 1.54) is 0 Å². The Morgan fingerprint density at radius 3 is 2.89 bits per heavy atom. The number of aryl methyl sites for hydroxylation is 2. The minimum absolute atomic E-state index is 0.0441. The smallest absolute Gasteiger partial charge is 0.170 e. The molecule has 0 saturated carbocycles. The summed E-state index contributed by atoms with van der Waals surface area (Å²) < 4.78 is 1.97. The molecule has 18 heavy (non-hydrogen) atoms. The molecule has 0 aliphatic heterocycles. The molecule has 94 valence electrons. The van der Waals surface area contributed by atoms with Gasteiger partial charge in [0, 0.05) is 30.2 Å². The molecule has 0 fully saturated rings. The molecule has 0 aliphatic carbocycles. The van der Waals surface area contributed by atoms with Gasteiger partial charge in [-0.05, 0) is 25.5 Å². The third-order valence-electron chi connectivity index (χ3n) is 3.06. The van der Waals surface area contributed by atoms with Gasteiger partial charge in [-0.2, -0.15) is 0 Å². The predicted octanol–water partition coefficient (Wildman–Crippen LogP) is 2.22. The fourth-order valence-corrected chi connectivity index (χ4v) is 1.85. The quantitative estimate of drug-likeness (QED) is 0.661. The second-order valence-electron chi connectivity index (χ2n) is 4.30. The second kappa shape index (κ2) is 5.04. The third kappa shape index (κ3) is 2.42. The first-order valence-electron chi connectivity index (χ1n) is 6.01. The molecule has 0 atom stereocenters. The van der Waals surface area contributed by atoms with Crippen LogP contribution >= 0.6 is 0 Å². The van der Waals surface area contributed by atoms with Gasteiger partial charge in [0.15, 0.2) is 5.78 Å². The maximum Gasteiger partial charge on any atom is 0.170 e. The summed E-state index contributed by atoms with van der Waals surface area (Å²) in [5, 5.41) is 0. The highest BCUT2D eigenvalue weighted by Crippen LogP contribution is 2.14. The van der Waals surface area contributed by atoms with E-state index in [-0.39, 0.29) is 5.78 Å². The van der Waals surface area contributed by atoms with Crippen LogP contribution in [0.3, 0.4) is 0 Å². The van der Waals surface area contributed by atoms with E-state index in [0.29, 0.717) is 17.7 Å². The normalized spacial score (nSPS) is 10.6. The van der Waals surface area contributed by atoms with Crippen LogP contribution in [0.15, 0.2) is 30.6 Å². The fraction of sp³-hybridized carbons (Fsp3) is 0.286. The lowest BCUT2D eigenvalue weighted by Gasteiger charge is -2.06. The molecule has 0 spiro atoms. The highest BCUT2D eigenvalue weighted by atomic mass is 16.1. The molecule has 4 heteroatoms. The molecule has 4 nitrogen and oxygen atoms in total. The molecule has 2 aromatic rings. The van der Waals surface area contributed by atoms with Crippen LogP contribution < -0.4 is 5.73 Å². The van der Waals surface area contributed by atoms with Crippen molar-refractivity contribution in [1.82, 2.24) is 9.55 Å². The van der Waals surface area contributed by atoms with Crippen LogP contribution in [0, 0.1) is 6.92 Å². The van der Waals surface area contributed by atoms with Gasteiger partial charge in [-0.25, -0.2) is 4.98 Å². The highest BCUT2D eigenvalue weighted by Gasteiger charge is 2.11. The fourth-order valence-electron chi connectivity index (χ4n) is 1.85. The monoisotopic (exact) mass is 243 g/mol. The van der Waals surface area contributed by atoms with Gasteiger partial charge in [0.05, 0.1) is 6.42 Å². The summed E-state index contributed by atoms with van der Waals surface area (Å²) in [6.07, 6.45) is 3.91. The summed E-state index contributed by atoms with van der Waals surface area (Å²) in [6, 6.07) is 5.42. The molecule has 0 unspecified atom stereocenters. The predicted molar refractivity (Wildman–Crippen MR) is 71.5 cm³/mol. The van der Waals surface area contributed by atoms with Crippen molar-refractivity contribution in [1.29, 1.82) is 0 Å². The van der Waals surface area contributed by atoms with Crippen LogP contribution in [0.2, 0.25) is 0 Å². The van der Waals surface area contributed by atoms with Crippen molar-refractivity contribution in [2.45, 2.75) is 26.8 Å². The van der Waals surface area contributed by atoms with Crippen molar-refractivity contribution in [3.05, 3.63) is 47.5 Å². The number of carbonyl (C=O) groups excluding carboxylic acids is 1. The summed E-state index contributed by atoms with van der Waals surface area (Å²) in [5.74, 6) is 0.837. The largest absolute Gasteiger partial charge is 0.398 e. The van der Waals surface area contributed by atoms with E-state index in [9.17, 15) is 4.79 Å². The Balaban J connectivity index is 2.19. The maximum atomic E-state index is 12.1. The van der Waals surface area contributed by atoms with Crippen molar-refractivity contribution in [2.75, 3.05) is 5.73 Å². The lowest BCUT2D eigenvalue weighted by atomic mass is 10.0. The first kappa shape index (κ1) is 12.4. The van der Waals surface area contributed by atoms with E-state index in [1.54, 1.807) is 12.3 Å². The van der Waals surface area contributed by atoms with Crippen LogP contribution in [0.25, 0.3) is 0 Å². The topological polar surface area (TPSA) is 60.9 Å². The van der Waals surface area contributed by atoms with Crippen molar-refractivity contribution in [3.8, 4) is 0 Å². The Morgan fingerprint density at radius 2 is 2.22 bits per heavy atom. The first-order chi connectivity index (χ1) is 8.61. The SMILES string of the molecule is CCn1ccnc1CC(=O)c1ccc(C)c(N)c1. The summed E-state index contributed by atoms with van der Waals surface area (Å²) in [4.78, 5) is 16.3. The lowest BCUT2D eigenvalue weighted by molar-refractivity contribution is 0.0990. The second-order valence-corrected chi connectivity index (χ2v) is 4.30. The van der Waals surface area contributed by atoms with Gasteiger partial charge >= 0.3 is 0 Å². The van der Waals surface area contributed by atoms with Crippen molar-refractivity contribution in [3.63, 3.8) is 0 Å². The number of nitrogen functional groups attached to an aromatic ring is 1. The van der Waals surface area contributed by atoms with Gasteiger partial charge in [0.2, 0.25) is 0 Å². The van der Waals surface area contributed by atoms with Crippen LogP contribution in [0.5, 0.6) is 0 Å². The van der Waals surface area contributed by atoms with Gasteiger partial charge in [0.25, 0.3) is 0 Å². The number of nitrogens with two attached hydrogens (primary N) is 1. The van der Waals surface area contributed by atoms with E-state index >= 15 is 0 Å². The lowest BCUT2D eigenvalue weighted by Crippen LogP contribution is -2.10. The number of imidazole rings is 1. The van der Waals surface area contributed by atoms with Crippen LogP contribution in [0.4, 0.5) is 5.69 Å². The van der Waals surface area contributed by atoms with Crippen LogP contribution in [0.1, 0.15) is 28.7 Å². The maximum absolute atomic E-state index is 12.1. The van der Waals surface area contributed by atoms with Crippen molar-refractivity contribution >= 4 is 11.5 Å². The Kier molecular flexibility index (Phi) is 3.46. The molecule has 1 heterocycles. The minimum Gasteiger partial charge on any atom is -0.398 e. The number of Topliss-reactive ketones (excluding diaryl/α,β-unsaturated/α-hetero) is 1. The molecule has 0 saturated heterocycles. The molecule has 0 bridgehead atoms. The molecule has 0 radical (unpaired) electrons. The molecule has 0 amide bonds. The highest BCUT2D eigenvalue weighted by molar-refractivity contribution is 5.98. The number of rotatable bonds is 4. The standard InChI is InChI=1S/C14H17N3O/c1-3-17-7-6-16-14(17)9-13(18)11-5-4-10(2)12(15)8-11/h4-8H,3,9,15H2,1-2H3. The molecular weight excluding hydrogens is 226 g/mol. The zero-order chi connectivity index (χ0) is 13.1. The number of nitrogens with zero attached hydrogens (tertiary/aromatic N) is 2. The van der Waals surface area contributed by atoms with Gasteiger partial charge in [-0.3, -0.25) is 4.79 Å². The van der Waals surface area contributed by atoms with Crippen molar-refractivity contribution < 1.29 is 4.79 Å². The Bertz CT molecular complexity index is 572. The number of carbonyl (C=O) groups is 1. The zero-order valence-electron chi connectivity index (χ0n) is 10.7. The summed E-state index contributed by atoms with van der Waals surface area (Å²) in [5.41, 5.74) is 8.10. The average molecular weight is 243 g/mol. The van der Waals surface area contributed by atoms with Crippen LogP contribution in [-0.4, -0.2) is 15.3 Å². The molecular formula is C14H17N3O. The van der Waals surface area contributed by atoms with Crippen molar-refractivity contribution in [2.24, 2.45) is 0 Å².